The van der Waals surface area contributed by atoms with Crippen LogP contribution in [0.25, 0.3) is 11.3 Å². The normalized spacial score (nSPS) is 17.2. The maximum atomic E-state index is 12.1. The summed E-state index contributed by atoms with van der Waals surface area (Å²) in [5.41, 5.74) is 1.34. The Kier molecular flexibility index (Phi) is 7.83. The number of rotatable bonds is 8. The average molecular weight is 417 g/mol. The van der Waals surface area contributed by atoms with E-state index in [9.17, 15) is 9.59 Å². The summed E-state index contributed by atoms with van der Waals surface area (Å²) in [7, 11) is 0. The first-order chi connectivity index (χ1) is 14.0. The van der Waals surface area contributed by atoms with Crippen LogP contribution in [0, 0.1) is 5.92 Å². The van der Waals surface area contributed by atoms with Crippen LogP contribution in [0.3, 0.4) is 0 Å². The smallest absolute Gasteiger partial charge is 0.266 e. The second-order valence-corrected chi connectivity index (χ2v) is 8.22. The van der Waals surface area contributed by atoms with Gasteiger partial charge in [-0.05, 0) is 56.5 Å². The molecule has 1 aromatic carbocycles. The minimum absolute atomic E-state index is 0.0531. The lowest BCUT2D eigenvalue weighted by molar-refractivity contribution is -0.121. The lowest BCUT2D eigenvalue weighted by Crippen LogP contribution is -2.36. The van der Waals surface area contributed by atoms with E-state index in [1.807, 2.05) is 12.1 Å². The summed E-state index contributed by atoms with van der Waals surface area (Å²) in [6.07, 6.45) is 3.77. The number of benzene rings is 1. The molecule has 3 rings (SSSR count). The molecule has 2 heterocycles. The summed E-state index contributed by atoms with van der Waals surface area (Å²) in [5, 5.41) is 7.98. The molecule has 2 aromatic rings. The van der Waals surface area contributed by atoms with Crippen molar-refractivity contribution in [1.82, 2.24) is 20.0 Å². The fraction of sp³-hybridized carbons (Fsp3) is 0.500. The van der Waals surface area contributed by atoms with E-state index in [4.69, 9.17) is 11.6 Å². The van der Waals surface area contributed by atoms with E-state index in [0.29, 0.717) is 17.3 Å². The zero-order valence-electron chi connectivity index (χ0n) is 16.9. The molecule has 7 heteroatoms. The van der Waals surface area contributed by atoms with Gasteiger partial charge in [0, 0.05) is 36.2 Å². The molecule has 1 atom stereocenters. The van der Waals surface area contributed by atoms with Crippen molar-refractivity contribution in [2.75, 3.05) is 26.2 Å². The number of piperidine rings is 1. The van der Waals surface area contributed by atoms with Gasteiger partial charge < -0.3 is 10.2 Å². The monoisotopic (exact) mass is 416 g/mol. The predicted octanol–water partition coefficient (Wildman–Crippen LogP) is 3.19. The van der Waals surface area contributed by atoms with E-state index in [2.05, 4.69) is 22.2 Å². The first-order valence-corrected chi connectivity index (χ1v) is 10.7. The molecular formula is C22H29ClN4O2. The Morgan fingerprint density at radius 2 is 2.00 bits per heavy atom. The molecular weight excluding hydrogens is 388 g/mol. The van der Waals surface area contributed by atoms with Crippen LogP contribution in [-0.4, -0.2) is 46.8 Å². The van der Waals surface area contributed by atoms with E-state index in [0.717, 1.165) is 37.5 Å². The van der Waals surface area contributed by atoms with Gasteiger partial charge in [0.05, 0.1) is 12.2 Å². The summed E-state index contributed by atoms with van der Waals surface area (Å²) in [6.45, 7) is 6.57. The average Bonchev–Trinajstić information content (AvgIpc) is 2.71. The van der Waals surface area contributed by atoms with Gasteiger partial charge in [0.1, 0.15) is 0 Å². The predicted molar refractivity (Wildman–Crippen MR) is 116 cm³/mol. The number of amides is 1. The number of aryl methyl sites for hydroxylation is 1. The van der Waals surface area contributed by atoms with Gasteiger partial charge in [0.2, 0.25) is 5.91 Å². The highest BCUT2D eigenvalue weighted by Gasteiger charge is 2.15. The molecule has 1 N–H and O–H groups in total. The van der Waals surface area contributed by atoms with Crippen LogP contribution < -0.4 is 10.9 Å². The van der Waals surface area contributed by atoms with Gasteiger partial charge >= 0.3 is 0 Å². The highest BCUT2D eigenvalue weighted by Crippen LogP contribution is 2.18. The molecule has 1 amide bonds. The molecule has 1 aliphatic heterocycles. The lowest BCUT2D eigenvalue weighted by Gasteiger charge is -2.30. The van der Waals surface area contributed by atoms with Gasteiger partial charge in [-0.1, -0.05) is 30.7 Å². The minimum atomic E-state index is -0.213. The number of hydrogen-bond acceptors (Lipinski definition) is 4. The third-order valence-electron chi connectivity index (χ3n) is 5.27. The Morgan fingerprint density at radius 3 is 2.76 bits per heavy atom. The molecule has 1 aliphatic rings. The molecule has 1 saturated heterocycles. The van der Waals surface area contributed by atoms with Crippen molar-refractivity contribution >= 4 is 17.5 Å². The van der Waals surface area contributed by atoms with Crippen molar-refractivity contribution in [3.63, 3.8) is 0 Å². The van der Waals surface area contributed by atoms with E-state index < -0.39 is 0 Å². The lowest BCUT2D eigenvalue weighted by atomic mass is 10.0. The minimum Gasteiger partial charge on any atom is -0.356 e. The molecule has 0 unspecified atom stereocenters. The van der Waals surface area contributed by atoms with Crippen LogP contribution in [0.4, 0.5) is 0 Å². The Labute approximate surface area is 176 Å². The molecule has 0 spiro atoms. The molecule has 6 nitrogen and oxygen atoms in total. The largest absolute Gasteiger partial charge is 0.356 e. The third kappa shape index (κ3) is 6.68. The van der Waals surface area contributed by atoms with Gasteiger partial charge in [-0.3, -0.25) is 9.59 Å². The van der Waals surface area contributed by atoms with Crippen LogP contribution in [0.5, 0.6) is 0 Å². The van der Waals surface area contributed by atoms with Crippen molar-refractivity contribution in [1.29, 1.82) is 0 Å². The molecule has 29 heavy (non-hydrogen) atoms. The van der Waals surface area contributed by atoms with Crippen LogP contribution >= 0.6 is 11.6 Å². The maximum absolute atomic E-state index is 12.1. The molecule has 0 aliphatic carbocycles. The standard InChI is InChI=1S/C22H29ClN4O2/c1-17-4-2-13-26(16-17)14-3-12-24-21(28)11-15-27-22(29)10-9-20(25-27)18-5-7-19(23)8-6-18/h5-10,17H,2-4,11-16H2,1H3,(H,24,28)/t17-/m1/s1. The summed E-state index contributed by atoms with van der Waals surface area (Å²) >= 11 is 5.92. The fourth-order valence-corrected chi connectivity index (χ4v) is 3.83. The molecule has 0 radical (unpaired) electrons. The summed E-state index contributed by atoms with van der Waals surface area (Å²) in [5.74, 6) is 0.718. The Morgan fingerprint density at radius 1 is 1.21 bits per heavy atom. The van der Waals surface area contributed by atoms with Gasteiger partial charge in [-0.25, -0.2) is 4.68 Å². The fourth-order valence-electron chi connectivity index (χ4n) is 3.70. The third-order valence-corrected chi connectivity index (χ3v) is 5.52. The Bertz CT molecular complexity index is 866. The topological polar surface area (TPSA) is 67.2 Å². The van der Waals surface area contributed by atoms with Crippen molar-refractivity contribution in [3.8, 4) is 11.3 Å². The van der Waals surface area contributed by atoms with E-state index >= 15 is 0 Å². The quantitative estimate of drug-likeness (QED) is 0.671. The molecule has 1 fully saturated rings. The van der Waals surface area contributed by atoms with Gasteiger partial charge in [0.15, 0.2) is 0 Å². The summed E-state index contributed by atoms with van der Waals surface area (Å²) in [4.78, 5) is 26.7. The number of carbonyl (C=O) groups excluding carboxylic acids is 1. The number of nitrogens with one attached hydrogen (secondary N) is 1. The number of hydrogen-bond donors (Lipinski definition) is 1. The first-order valence-electron chi connectivity index (χ1n) is 10.3. The van der Waals surface area contributed by atoms with E-state index in [1.54, 1.807) is 18.2 Å². The van der Waals surface area contributed by atoms with Crippen LogP contribution in [0.15, 0.2) is 41.2 Å². The highest BCUT2D eigenvalue weighted by molar-refractivity contribution is 6.30. The number of carbonyl (C=O) groups is 1. The second kappa shape index (κ2) is 10.6. The molecule has 0 saturated carbocycles. The highest BCUT2D eigenvalue weighted by atomic mass is 35.5. The van der Waals surface area contributed by atoms with Crippen LogP contribution in [0.1, 0.15) is 32.6 Å². The van der Waals surface area contributed by atoms with Crippen LogP contribution in [0.2, 0.25) is 5.02 Å². The first kappa shape index (κ1) is 21.5. The van der Waals surface area contributed by atoms with Crippen molar-refractivity contribution in [3.05, 3.63) is 51.8 Å². The van der Waals surface area contributed by atoms with Crippen LogP contribution in [-0.2, 0) is 11.3 Å². The maximum Gasteiger partial charge on any atom is 0.266 e. The Hall–Kier alpha value is -2.18. The second-order valence-electron chi connectivity index (χ2n) is 7.79. The van der Waals surface area contributed by atoms with Gasteiger partial charge in [-0.15, -0.1) is 0 Å². The number of aromatic nitrogens is 2. The van der Waals surface area contributed by atoms with Gasteiger partial charge in [-0.2, -0.15) is 5.10 Å². The zero-order valence-corrected chi connectivity index (χ0v) is 17.7. The molecule has 1 aromatic heterocycles. The number of nitrogens with zero attached hydrogens (tertiary/aromatic N) is 3. The zero-order chi connectivity index (χ0) is 20.6. The number of likely N-dealkylation sites (tertiary alicyclic amines) is 1. The van der Waals surface area contributed by atoms with E-state index in [1.165, 1.54) is 23.6 Å². The molecule has 156 valence electrons. The van der Waals surface area contributed by atoms with Crippen molar-refractivity contribution in [2.45, 2.75) is 39.2 Å². The summed E-state index contributed by atoms with van der Waals surface area (Å²) in [6, 6.07) is 10.4. The van der Waals surface area contributed by atoms with E-state index in [-0.39, 0.29) is 24.4 Å². The SMILES string of the molecule is C[C@@H]1CCCN(CCCNC(=O)CCn2nc(-c3ccc(Cl)cc3)ccc2=O)C1. The summed E-state index contributed by atoms with van der Waals surface area (Å²) < 4.78 is 1.35. The van der Waals surface area contributed by atoms with Gasteiger partial charge in [0.25, 0.3) is 5.56 Å². The molecule has 0 bridgehead atoms. The Balaban J connectivity index is 1.44. The van der Waals surface area contributed by atoms with Crippen molar-refractivity contribution in [2.24, 2.45) is 5.92 Å². The number of halogens is 1. The van der Waals surface area contributed by atoms with Crippen molar-refractivity contribution < 1.29 is 4.79 Å².